The molecule has 0 saturated heterocycles. The SMILES string of the molecule is CSc1ccc(-c2nc(C3(N)CCCCCC3)no2)cc1. The highest BCUT2D eigenvalue weighted by atomic mass is 32.2. The molecule has 1 saturated carbocycles. The minimum Gasteiger partial charge on any atom is -0.334 e. The van der Waals surface area contributed by atoms with Crippen LogP contribution < -0.4 is 5.73 Å². The van der Waals surface area contributed by atoms with E-state index in [1.54, 1.807) is 11.8 Å². The van der Waals surface area contributed by atoms with Crippen molar-refractivity contribution in [2.75, 3.05) is 6.26 Å². The maximum atomic E-state index is 6.53. The van der Waals surface area contributed by atoms with Gasteiger partial charge in [0, 0.05) is 10.5 Å². The molecule has 1 fully saturated rings. The molecule has 1 aliphatic carbocycles. The first-order chi connectivity index (χ1) is 10.2. The number of thioether (sulfide) groups is 1. The van der Waals surface area contributed by atoms with Crippen molar-refractivity contribution in [3.8, 4) is 11.5 Å². The molecule has 1 aliphatic rings. The van der Waals surface area contributed by atoms with E-state index in [0.29, 0.717) is 11.7 Å². The first-order valence-corrected chi connectivity index (χ1v) is 8.71. The second-order valence-corrected chi connectivity index (χ2v) is 6.60. The van der Waals surface area contributed by atoms with Crippen LogP contribution in [0.3, 0.4) is 0 Å². The molecule has 0 aliphatic heterocycles. The normalized spacial score (nSPS) is 18.4. The molecule has 0 atom stereocenters. The van der Waals surface area contributed by atoms with Gasteiger partial charge >= 0.3 is 0 Å². The van der Waals surface area contributed by atoms with Crippen molar-refractivity contribution in [2.45, 2.75) is 49.0 Å². The summed E-state index contributed by atoms with van der Waals surface area (Å²) in [6.45, 7) is 0. The third kappa shape index (κ3) is 3.14. The molecule has 0 radical (unpaired) electrons. The van der Waals surface area contributed by atoms with Gasteiger partial charge in [0.2, 0.25) is 0 Å². The monoisotopic (exact) mass is 303 g/mol. The molecule has 1 aromatic heterocycles. The topological polar surface area (TPSA) is 64.9 Å². The zero-order chi connectivity index (χ0) is 14.7. The number of aromatic nitrogens is 2. The van der Waals surface area contributed by atoms with Crippen molar-refractivity contribution in [1.82, 2.24) is 10.1 Å². The summed E-state index contributed by atoms with van der Waals surface area (Å²) in [4.78, 5) is 5.78. The first kappa shape index (κ1) is 14.6. The Morgan fingerprint density at radius 3 is 2.38 bits per heavy atom. The average molecular weight is 303 g/mol. The molecule has 0 amide bonds. The lowest BCUT2D eigenvalue weighted by Gasteiger charge is -2.23. The molecule has 2 N–H and O–H groups in total. The van der Waals surface area contributed by atoms with Crippen molar-refractivity contribution >= 4 is 11.8 Å². The van der Waals surface area contributed by atoms with E-state index in [-0.39, 0.29) is 0 Å². The van der Waals surface area contributed by atoms with Crippen LogP contribution >= 0.6 is 11.8 Å². The van der Waals surface area contributed by atoms with Crippen LogP contribution in [-0.4, -0.2) is 16.4 Å². The third-order valence-corrected chi connectivity index (χ3v) is 4.95. The average Bonchev–Trinajstić information content (AvgIpc) is 2.92. The second kappa shape index (κ2) is 6.20. The second-order valence-electron chi connectivity index (χ2n) is 5.72. The van der Waals surface area contributed by atoms with Crippen LogP contribution in [0.1, 0.15) is 44.3 Å². The molecule has 21 heavy (non-hydrogen) atoms. The first-order valence-electron chi connectivity index (χ1n) is 7.49. The largest absolute Gasteiger partial charge is 0.334 e. The van der Waals surface area contributed by atoms with Gasteiger partial charge in [-0.2, -0.15) is 4.98 Å². The van der Waals surface area contributed by atoms with Gasteiger partial charge in [0.05, 0.1) is 5.54 Å². The summed E-state index contributed by atoms with van der Waals surface area (Å²) >= 11 is 1.72. The summed E-state index contributed by atoms with van der Waals surface area (Å²) in [5.74, 6) is 1.22. The zero-order valence-corrected chi connectivity index (χ0v) is 13.2. The standard InChI is InChI=1S/C16H21N3OS/c1-21-13-8-6-12(7-9-13)14-18-15(19-20-14)16(17)10-4-2-3-5-11-16/h6-9H,2-5,10-11,17H2,1H3. The van der Waals surface area contributed by atoms with Gasteiger partial charge in [0.15, 0.2) is 5.82 Å². The fourth-order valence-corrected chi connectivity index (χ4v) is 3.27. The van der Waals surface area contributed by atoms with E-state index in [9.17, 15) is 0 Å². The summed E-state index contributed by atoms with van der Waals surface area (Å²) in [7, 11) is 0. The van der Waals surface area contributed by atoms with Crippen molar-refractivity contribution in [1.29, 1.82) is 0 Å². The molecular formula is C16H21N3OS. The maximum absolute atomic E-state index is 6.53. The Morgan fingerprint density at radius 2 is 1.76 bits per heavy atom. The van der Waals surface area contributed by atoms with E-state index in [2.05, 4.69) is 28.5 Å². The number of rotatable bonds is 3. The fraction of sp³-hybridized carbons (Fsp3) is 0.500. The molecule has 112 valence electrons. The summed E-state index contributed by atoms with van der Waals surface area (Å²) in [5.41, 5.74) is 7.06. The molecule has 0 bridgehead atoms. The quantitative estimate of drug-likeness (QED) is 0.686. The van der Waals surface area contributed by atoms with Crippen molar-refractivity contribution in [3.05, 3.63) is 30.1 Å². The summed E-state index contributed by atoms with van der Waals surface area (Å²) in [6, 6.07) is 8.15. The van der Waals surface area contributed by atoms with Gasteiger partial charge in [0.25, 0.3) is 5.89 Å². The highest BCUT2D eigenvalue weighted by molar-refractivity contribution is 7.98. The van der Waals surface area contributed by atoms with E-state index in [4.69, 9.17) is 10.3 Å². The summed E-state index contributed by atoms with van der Waals surface area (Å²) in [6.07, 6.45) is 8.73. The Bertz CT molecular complexity index is 586. The molecule has 2 aromatic rings. The van der Waals surface area contributed by atoms with Crippen LogP contribution in [0.4, 0.5) is 0 Å². The zero-order valence-electron chi connectivity index (χ0n) is 12.3. The van der Waals surface area contributed by atoms with Crippen LogP contribution in [0.15, 0.2) is 33.7 Å². The van der Waals surface area contributed by atoms with Gasteiger partial charge in [-0.3, -0.25) is 0 Å². The van der Waals surface area contributed by atoms with Crippen molar-refractivity contribution in [3.63, 3.8) is 0 Å². The smallest absolute Gasteiger partial charge is 0.257 e. The van der Waals surface area contributed by atoms with Crippen LogP contribution in [0.5, 0.6) is 0 Å². The minimum absolute atomic E-state index is 0.419. The lowest BCUT2D eigenvalue weighted by molar-refractivity contribution is 0.334. The van der Waals surface area contributed by atoms with Gasteiger partial charge < -0.3 is 10.3 Å². The van der Waals surface area contributed by atoms with E-state index >= 15 is 0 Å². The Morgan fingerprint density at radius 1 is 1.10 bits per heavy atom. The number of benzene rings is 1. The van der Waals surface area contributed by atoms with E-state index in [1.807, 2.05) is 12.1 Å². The molecule has 0 spiro atoms. The Balaban J connectivity index is 1.84. The van der Waals surface area contributed by atoms with E-state index in [1.165, 1.54) is 17.7 Å². The summed E-state index contributed by atoms with van der Waals surface area (Å²) in [5, 5.41) is 4.16. The van der Waals surface area contributed by atoms with E-state index in [0.717, 1.165) is 31.2 Å². The molecular weight excluding hydrogens is 282 g/mol. The van der Waals surface area contributed by atoms with Gasteiger partial charge in [-0.15, -0.1) is 11.8 Å². The molecule has 1 aromatic carbocycles. The van der Waals surface area contributed by atoms with Crippen LogP contribution in [0.25, 0.3) is 11.5 Å². The van der Waals surface area contributed by atoms with Crippen molar-refractivity contribution in [2.24, 2.45) is 5.73 Å². The summed E-state index contributed by atoms with van der Waals surface area (Å²) < 4.78 is 5.44. The van der Waals surface area contributed by atoms with Gasteiger partial charge in [-0.05, 0) is 43.4 Å². The fourth-order valence-electron chi connectivity index (χ4n) is 2.86. The molecule has 0 unspecified atom stereocenters. The Hall–Kier alpha value is -1.33. The van der Waals surface area contributed by atoms with Crippen LogP contribution in [0.2, 0.25) is 0 Å². The van der Waals surface area contributed by atoms with Gasteiger partial charge in [0.1, 0.15) is 0 Å². The maximum Gasteiger partial charge on any atom is 0.257 e. The highest BCUT2D eigenvalue weighted by Crippen LogP contribution is 2.33. The molecule has 1 heterocycles. The molecule has 3 rings (SSSR count). The third-order valence-electron chi connectivity index (χ3n) is 4.20. The number of nitrogens with two attached hydrogens (primary N) is 1. The predicted octanol–water partition coefficient (Wildman–Crippen LogP) is 3.97. The lowest BCUT2D eigenvalue weighted by Crippen LogP contribution is -2.37. The van der Waals surface area contributed by atoms with Gasteiger partial charge in [-0.25, -0.2) is 0 Å². The minimum atomic E-state index is -0.419. The Labute approximate surface area is 129 Å². The molecule has 4 nitrogen and oxygen atoms in total. The number of hydrogen-bond acceptors (Lipinski definition) is 5. The molecule has 5 heteroatoms. The Kier molecular flexibility index (Phi) is 4.31. The number of hydrogen-bond donors (Lipinski definition) is 1. The van der Waals surface area contributed by atoms with Gasteiger partial charge in [-0.1, -0.05) is 30.8 Å². The van der Waals surface area contributed by atoms with Crippen LogP contribution in [-0.2, 0) is 5.54 Å². The predicted molar refractivity (Wildman–Crippen MR) is 85.1 cm³/mol. The number of nitrogens with zero attached hydrogens (tertiary/aromatic N) is 2. The van der Waals surface area contributed by atoms with E-state index < -0.39 is 5.54 Å². The lowest BCUT2D eigenvalue weighted by atomic mass is 9.91. The van der Waals surface area contributed by atoms with Crippen LogP contribution in [0, 0.1) is 0 Å². The van der Waals surface area contributed by atoms with Crippen molar-refractivity contribution < 1.29 is 4.52 Å². The highest BCUT2D eigenvalue weighted by Gasteiger charge is 2.33.